The fourth-order valence-corrected chi connectivity index (χ4v) is 4.14. The number of pyridine rings is 1. The number of amides is 1. The zero-order valence-electron chi connectivity index (χ0n) is 16.8. The third-order valence-corrected chi connectivity index (χ3v) is 6.13. The summed E-state index contributed by atoms with van der Waals surface area (Å²) in [5.41, 5.74) is 3.01. The summed E-state index contributed by atoms with van der Waals surface area (Å²) in [6.07, 6.45) is 4.60. The number of carbonyl (C=O) groups excluding carboxylic acids is 1. The minimum absolute atomic E-state index is 0.151. The van der Waals surface area contributed by atoms with Crippen molar-refractivity contribution in [2.75, 3.05) is 11.1 Å². The van der Waals surface area contributed by atoms with E-state index >= 15 is 0 Å². The molecule has 0 aromatic carbocycles. The second-order valence-corrected chi connectivity index (χ2v) is 9.09. The van der Waals surface area contributed by atoms with E-state index in [-0.39, 0.29) is 17.1 Å². The van der Waals surface area contributed by atoms with Crippen LogP contribution in [-0.4, -0.2) is 21.9 Å². The van der Waals surface area contributed by atoms with Gasteiger partial charge in [0.15, 0.2) is 6.54 Å². The second-order valence-electron chi connectivity index (χ2n) is 8.12. The van der Waals surface area contributed by atoms with E-state index in [4.69, 9.17) is 9.51 Å². The molecule has 0 saturated heterocycles. The van der Waals surface area contributed by atoms with Crippen LogP contribution in [0, 0.1) is 22.7 Å². The molecule has 0 radical (unpaired) electrons. The Hall–Kier alpha value is -2.40. The number of hydrogen-bond donors (Lipinski definition) is 1. The average molecular weight is 401 g/mol. The van der Waals surface area contributed by atoms with Crippen LogP contribution in [0.2, 0.25) is 0 Å². The SMILES string of the molecule is CC[n+]1cc(NC(=O)CSc2nc3c(cc2C#N)CC(C(C)(C)C)CC3)on1. The highest BCUT2D eigenvalue weighted by molar-refractivity contribution is 8.00. The topological polar surface area (TPSA) is 95.7 Å². The van der Waals surface area contributed by atoms with Gasteiger partial charge in [0.1, 0.15) is 11.1 Å². The van der Waals surface area contributed by atoms with Crippen LogP contribution >= 0.6 is 11.8 Å². The third-order valence-electron chi connectivity index (χ3n) is 5.13. The molecule has 0 aliphatic heterocycles. The van der Waals surface area contributed by atoms with Gasteiger partial charge in [-0.3, -0.25) is 14.6 Å². The van der Waals surface area contributed by atoms with Gasteiger partial charge >= 0.3 is 5.88 Å². The number of thioether (sulfide) groups is 1. The van der Waals surface area contributed by atoms with Crippen LogP contribution in [0.25, 0.3) is 0 Å². The van der Waals surface area contributed by atoms with Crippen molar-refractivity contribution in [2.24, 2.45) is 11.3 Å². The average Bonchev–Trinajstić information content (AvgIpc) is 3.11. The first-order valence-electron chi connectivity index (χ1n) is 9.52. The number of nitrogens with zero attached hydrogens (tertiary/aromatic N) is 4. The fourth-order valence-electron chi connectivity index (χ4n) is 3.37. The largest absolute Gasteiger partial charge is 0.302 e. The fraction of sp³-hybridized carbons (Fsp3) is 0.550. The van der Waals surface area contributed by atoms with Gasteiger partial charge < -0.3 is 0 Å². The molecule has 0 fully saturated rings. The Kier molecular flexibility index (Phi) is 6.04. The molecule has 1 amide bonds. The number of nitriles is 1. The van der Waals surface area contributed by atoms with Gasteiger partial charge in [-0.1, -0.05) is 37.2 Å². The molecule has 2 aromatic heterocycles. The summed E-state index contributed by atoms with van der Waals surface area (Å²) in [5, 5.41) is 16.6. The van der Waals surface area contributed by atoms with Gasteiger partial charge in [-0.05, 0) is 49.1 Å². The van der Waals surface area contributed by atoms with Crippen molar-refractivity contribution < 1.29 is 14.0 Å². The predicted octanol–water partition coefficient (Wildman–Crippen LogP) is 3.13. The Labute approximate surface area is 169 Å². The molecule has 148 valence electrons. The molecule has 0 saturated carbocycles. The standard InChI is InChI=1S/C20H25N5O2S/c1-5-25-11-18(27-24-25)23-17(26)12-28-19-14(10-21)8-13-9-15(20(2,3)4)6-7-16(13)22-19/h8,11,15H,5-7,9,12H2,1-4H3/p+1. The van der Waals surface area contributed by atoms with Gasteiger partial charge in [0.05, 0.1) is 11.3 Å². The van der Waals surface area contributed by atoms with Crippen LogP contribution in [0.4, 0.5) is 5.88 Å². The highest BCUT2D eigenvalue weighted by Crippen LogP contribution is 2.38. The molecule has 1 aliphatic rings. The van der Waals surface area contributed by atoms with Gasteiger partial charge in [-0.25, -0.2) is 4.98 Å². The normalized spacial score (nSPS) is 16.3. The van der Waals surface area contributed by atoms with Crippen molar-refractivity contribution in [3.63, 3.8) is 0 Å². The Morgan fingerprint density at radius 3 is 2.93 bits per heavy atom. The molecule has 1 unspecified atom stereocenters. The molecule has 1 atom stereocenters. The summed E-state index contributed by atoms with van der Waals surface area (Å²) >= 11 is 1.28. The molecule has 1 aliphatic carbocycles. The van der Waals surface area contributed by atoms with Crippen molar-refractivity contribution in [3.05, 3.63) is 29.1 Å². The van der Waals surface area contributed by atoms with Crippen molar-refractivity contribution in [1.29, 1.82) is 5.26 Å². The van der Waals surface area contributed by atoms with Crippen LogP contribution < -0.4 is 10.00 Å². The summed E-state index contributed by atoms with van der Waals surface area (Å²) in [7, 11) is 0. The molecule has 2 heterocycles. The minimum Gasteiger partial charge on any atom is -0.288 e. The highest BCUT2D eigenvalue weighted by Gasteiger charge is 2.30. The Morgan fingerprint density at radius 1 is 1.50 bits per heavy atom. The highest BCUT2D eigenvalue weighted by atomic mass is 32.2. The summed E-state index contributed by atoms with van der Waals surface area (Å²) < 4.78 is 6.63. The lowest BCUT2D eigenvalue weighted by atomic mass is 9.71. The Balaban J connectivity index is 1.67. The molecular formula is C20H26N5O2S+. The van der Waals surface area contributed by atoms with E-state index in [1.807, 2.05) is 13.0 Å². The van der Waals surface area contributed by atoms with E-state index in [1.54, 1.807) is 10.9 Å². The van der Waals surface area contributed by atoms with Crippen LogP contribution in [0.3, 0.4) is 0 Å². The van der Waals surface area contributed by atoms with Gasteiger partial charge in [-0.15, -0.1) is 0 Å². The van der Waals surface area contributed by atoms with Gasteiger partial charge in [-0.2, -0.15) is 5.26 Å². The smallest absolute Gasteiger partial charge is 0.288 e. The van der Waals surface area contributed by atoms with Gasteiger partial charge in [0.2, 0.25) is 11.2 Å². The lowest BCUT2D eigenvalue weighted by molar-refractivity contribution is -0.759. The van der Waals surface area contributed by atoms with Crippen molar-refractivity contribution in [2.45, 2.75) is 58.5 Å². The summed E-state index contributed by atoms with van der Waals surface area (Å²) in [6.45, 7) is 9.38. The Bertz CT molecular complexity index is 910. The van der Waals surface area contributed by atoms with E-state index in [9.17, 15) is 10.1 Å². The minimum atomic E-state index is -0.222. The molecule has 1 N–H and O–H groups in total. The lowest BCUT2D eigenvalue weighted by Gasteiger charge is -2.34. The number of fused-ring (bicyclic) bond motifs is 1. The number of aromatic nitrogens is 3. The zero-order valence-corrected chi connectivity index (χ0v) is 17.6. The van der Waals surface area contributed by atoms with E-state index in [2.05, 4.69) is 37.4 Å². The first-order chi connectivity index (χ1) is 13.3. The van der Waals surface area contributed by atoms with E-state index in [0.29, 0.717) is 28.9 Å². The molecule has 7 nitrogen and oxygen atoms in total. The monoisotopic (exact) mass is 400 g/mol. The molecule has 0 bridgehead atoms. The first-order valence-corrected chi connectivity index (χ1v) is 10.5. The van der Waals surface area contributed by atoms with Crippen LogP contribution in [0.15, 0.2) is 21.8 Å². The molecule has 8 heteroatoms. The number of anilines is 1. The number of carbonyl (C=O) groups is 1. The summed E-state index contributed by atoms with van der Waals surface area (Å²) in [5.74, 6) is 0.823. The predicted molar refractivity (Wildman–Crippen MR) is 106 cm³/mol. The summed E-state index contributed by atoms with van der Waals surface area (Å²) in [6, 6.07) is 4.20. The molecule has 2 aromatic rings. The van der Waals surface area contributed by atoms with E-state index < -0.39 is 0 Å². The zero-order chi connectivity index (χ0) is 20.3. The van der Waals surface area contributed by atoms with Crippen LogP contribution in [0.1, 0.15) is 50.9 Å². The number of rotatable bonds is 5. The number of hydrogen-bond acceptors (Lipinski definition) is 6. The van der Waals surface area contributed by atoms with Gasteiger partial charge in [0, 0.05) is 5.69 Å². The van der Waals surface area contributed by atoms with E-state index in [0.717, 1.165) is 25.0 Å². The maximum Gasteiger partial charge on any atom is 0.302 e. The maximum absolute atomic E-state index is 12.2. The first kappa shape index (κ1) is 20.3. The number of aryl methyl sites for hydroxylation is 2. The van der Waals surface area contributed by atoms with Crippen molar-refractivity contribution >= 4 is 23.6 Å². The quantitative estimate of drug-likeness (QED) is 0.612. The van der Waals surface area contributed by atoms with E-state index in [1.165, 1.54) is 17.3 Å². The third kappa shape index (κ3) is 4.71. The van der Waals surface area contributed by atoms with Crippen molar-refractivity contribution in [1.82, 2.24) is 10.3 Å². The van der Waals surface area contributed by atoms with Crippen LogP contribution in [-0.2, 0) is 24.2 Å². The number of nitrogens with one attached hydrogen (secondary N) is 1. The molecule has 3 rings (SSSR count). The molecule has 0 spiro atoms. The molecule has 28 heavy (non-hydrogen) atoms. The molecular weight excluding hydrogens is 374 g/mol. The van der Waals surface area contributed by atoms with Gasteiger partial charge in [0.25, 0.3) is 6.20 Å². The van der Waals surface area contributed by atoms with Crippen LogP contribution in [0.5, 0.6) is 0 Å². The second kappa shape index (κ2) is 8.31. The summed E-state index contributed by atoms with van der Waals surface area (Å²) in [4.78, 5) is 16.9. The Morgan fingerprint density at radius 2 is 2.29 bits per heavy atom. The van der Waals surface area contributed by atoms with Crippen molar-refractivity contribution in [3.8, 4) is 6.07 Å². The lowest BCUT2D eigenvalue weighted by Crippen LogP contribution is -2.32. The maximum atomic E-state index is 12.2.